The molecule has 1 aliphatic heterocycles. The highest BCUT2D eigenvalue weighted by Gasteiger charge is 2.34. The summed E-state index contributed by atoms with van der Waals surface area (Å²) in [6.07, 6.45) is 9.95. The summed E-state index contributed by atoms with van der Waals surface area (Å²) in [5.41, 5.74) is 1.59. The van der Waals surface area contributed by atoms with Gasteiger partial charge in [-0.25, -0.2) is 0 Å². The van der Waals surface area contributed by atoms with Gasteiger partial charge in [-0.2, -0.15) is 0 Å². The van der Waals surface area contributed by atoms with Gasteiger partial charge in [-0.15, -0.1) is 0 Å². The standard InChI is InChI=1S/C14H22ClNO/c15-9-5-11-16-10-4-3-7-13(16)12-6-1-2-8-14(12)17/h5,9,12-13H,1-4,6-8,10-11H2. The molecule has 3 heteroatoms. The molecule has 2 fully saturated rings. The molecular weight excluding hydrogens is 234 g/mol. The van der Waals surface area contributed by atoms with E-state index in [1.165, 1.54) is 25.7 Å². The third-order valence-corrected chi connectivity index (χ3v) is 4.34. The topological polar surface area (TPSA) is 20.3 Å². The van der Waals surface area contributed by atoms with Crippen molar-refractivity contribution in [2.45, 2.75) is 51.0 Å². The van der Waals surface area contributed by atoms with Gasteiger partial charge in [0.25, 0.3) is 0 Å². The zero-order chi connectivity index (χ0) is 12.1. The second-order valence-electron chi connectivity index (χ2n) is 5.24. The van der Waals surface area contributed by atoms with E-state index in [1.807, 2.05) is 6.08 Å². The quantitative estimate of drug-likeness (QED) is 0.771. The normalized spacial score (nSPS) is 32.2. The first-order valence-electron chi connectivity index (χ1n) is 6.85. The highest BCUT2D eigenvalue weighted by molar-refractivity contribution is 6.25. The van der Waals surface area contributed by atoms with Crippen molar-refractivity contribution < 1.29 is 4.79 Å². The van der Waals surface area contributed by atoms with E-state index in [9.17, 15) is 4.79 Å². The van der Waals surface area contributed by atoms with Crippen LogP contribution in [0.15, 0.2) is 11.6 Å². The third kappa shape index (κ3) is 3.32. The van der Waals surface area contributed by atoms with Crippen molar-refractivity contribution in [2.24, 2.45) is 5.92 Å². The number of nitrogens with zero attached hydrogens (tertiary/aromatic N) is 1. The van der Waals surface area contributed by atoms with Crippen LogP contribution in [-0.2, 0) is 4.79 Å². The molecule has 0 spiro atoms. The number of halogens is 1. The number of hydrogen-bond acceptors (Lipinski definition) is 2. The summed E-state index contributed by atoms with van der Waals surface area (Å²) >= 11 is 5.61. The van der Waals surface area contributed by atoms with Crippen LogP contribution in [0.3, 0.4) is 0 Å². The van der Waals surface area contributed by atoms with Crippen LogP contribution in [-0.4, -0.2) is 29.8 Å². The van der Waals surface area contributed by atoms with Crippen LogP contribution in [0, 0.1) is 5.92 Å². The monoisotopic (exact) mass is 255 g/mol. The van der Waals surface area contributed by atoms with Crippen molar-refractivity contribution in [1.29, 1.82) is 0 Å². The van der Waals surface area contributed by atoms with Crippen LogP contribution < -0.4 is 0 Å². The zero-order valence-electron chi connectivity index (χ0n) is 10.4. The summed E-state index contributed by atoms with van der Waals surface area (Å²) in [7, 11) is 0. The lowest BCUT2D eigenvalue weighted by molar-refractivity contribution is -0.127. The van der Waals surface area contributed by atoms with Crippen LogP contribution in [0.1, 0.15) is 44.9 Å². The summed E-state index contributed by atoms with van der Waals surface area (Å²) < 4.78 is 0. The Labute approximate surface area is 109 Å². The van der Waals surface area contributed by atoms with Gasteiger partial charge in [0.15, 0.2) is 0 Å². The molecule has 2 rings (SSSR count). The number of carbonyl (C=O) groups excluding carboxylic acids is 1. The lowest BCUT2D eigenvalue weighted by atomic mass is 9.79. The SMILES string of the molecule is O=C1CCCCC1C1CCCCN1CC=CCl. The van der Waals surface area contributed by atoms with Crippen molar-refractivity contribution in [1.82, 2.24) is 4.90 Å². The second-order valence-corrected chi connectivity index (χ2v) is 5.49. The van der Waals surface area contributed by atoms with E-state index in [0.717, 1.165) is 32.4 Å². The Morgan fingerprint density at radius 3 is 2.82 bits per heavy atom. The van der Waals surface area contributed by atoms with Gasteiger partial charge >= 0.3 is 0 Å². The van der Waals surface area contributed by atoms with Crippen LogP contribution >= 0.6 is 11.6 Å². The summed E-state index contributed by atoms with van der Waals surface area (Å²) in [5, 5.41) is 0. The smallest absolute Gasteiger partial charge is 0.137 e. The molecule has 0 aromatic heterocycles. The van der Waals surface area contributed by atoms with Gasteiger partial charge in [-0.3, -0.25) is 9.69 Å². The van der Waals surface area contributed by atoms with Gasteiger partial charge < -0.3 is 0 Å². The molecule has 2 nitrogen and oxygen atoms in total. The molecule has 0 amide bonds. The maximum absolute atomic E-state index is 12.0. The zero-order valence-corrected chi connectivity index (χ0v) is 11.2. The Hall–Kier alpha value is -0.340. The first-order chi connectivity index (χ1) is 8.33. The highest BCUT2D eigenvalue weighted by Crippen LogP contribution is 2.31. The van der Waals surface area contributed by atoms with Gasteiger partial charge in [0.1, 0.15) is 5.78 Å². The Bertz CT molecular complexity index is 290. The Morgan fingerprint density at radius 1 is 1.24 bits per heavy atom. The van der Waals surface area contributed by atoms with Gasteiger partial charge in [-0.05, 0) is 32.2 Å². The average molecular weight is 256 g/mol. The number of hydrogen-bond donors (Lipinski definition) is 0. The van der Waals surface area contributed by atoms with Crippen molar-refractivity contribution in [3.8, 4) is 0 Å². The molecule has 2 aliphatic rings. The van der Waals surface area contributed by atoms with Gasteiger partial charge in [0.05, 0.1) is 0 Å². The molecule has 2 unspecified atom stereocenters. The number of ketones is 1. The molecule has 2 atom stereocenters. The molecule has 0 aromatic rings. The van der Waals surface area contributed by atoms with Crippen molar-refractivity contribution in [3.63, 3.8) is 0 Å². The minimum absolute atomic E-state index is 0.299. The molecule has 1 aliphatic carbocycles. The summed E-state index contributed by atoms with van der Waals surface area (Å²) in [5.74, 6) is 0.802. The van der Waals surface area contributed by atoms with E-state index >= 15 is 0 Å². The van der Waals surface area contributed by atoms with E-state index in [4.69, 9.17) is 11.6 Å². The van der Waals surface area contributed by atoms with E-state index < -0.39 is 0 Å². The van der Waals surface area contributed by atoms with E-state index in [0.29, 0.717) is 17.7 Å². The molecule has 1 heterocycles. The van der Waals surface area contributed by atoms with Gasteiger partial charge in [0.2, 0.25) is 0 Å². The first kappa shape index (κ1) is 13.1. The molecule has 0 bridgehead atoms. The van der Waals surface area contributed by atoms with Crippen LogP contribution in [0.5, 0.6) is 0 Å². The molecule has 0 N–H and O–H groups in total. The van der Waals surface area contributed by atoms with Crippen molar-refractivity contribution in [3.05, 3.63) is 11.6 Å². The fraction of sp³-hybridized carbons (Fsp3) is 0.786. The maximum Gasteiger partial charge on any atom is 0.137 e. The molecule has 1 saturated carbocycles. The minimum atomic E-state index is 0.299. The average Bonchev–Trinajstić information content (AvgIpc) is 2.37. The second kappa shape index (κ2) is 6.55. The van der Waals surface area contributed by atoms with E-state index in [-0.39, 0.29) is 0 Å². The lowest BCUT2D eigenvalue weighted by Crippen LogP contribution is -2.47. The number of likely N-dealkylation sites (tertiary alicyclic amines) is 1. The summed E-state index contributed by atoms with van der Waals surface area (Å²) in [6.45, 7) is 2.02. The molecule has 0 aromatic carbocycles. The van der Waals surface area contributed by atoms with Crippen LogP contribution in [0.25, 0.3) is 0 Å². The summed E-state index contributed by atoms with van der Waals surface area (Å²) in [4.78, 5) is 14.5. The van der Waals surface area contributed by atoms with Crippen LogP contribution in [0.2, 0.25) is 0 Å². The fourth-order valence-electron chi connectivity index (χ4n) is 3.29. The molecule has 1 saturated heterocycles. The number of Topliss-reactive ketones (excluding diaryl/α,β-unsaturated/α-hetero) is 1. The Balaban J connectivity index is 2.01. The highest BCUT2D eigenvalue weighted by atomic mass is 35.5. The largest absolute Gasteiger partial charge is 0.299 e. The van der Waals surface area contributed by atoms with Crippen molar-refractivity contribution in [2.75, 3.05) is 13.1 Å². The lowest BCUT2D eigenvalue weighted by Gasteiger charge is -2.40. The number of carbonyl (C=O) groups is 1. The first-order valence-corrected chi connectivity index (χ1v) is 7.28. The van der Waals surface area contributed by atoms with E-state index in [2.05, 4.69) is 4.90 Å². The molecule has 17 heavy (non-hydrogen) atoms. The number of piperidine rings is 1. The Kier molecular flexibility index (Phi) is 5.05. The van der Waals surface area contributed by atoms with E-state index in [1.54, 1.807) is 5.54 Å². The fourth-order valence-corrected chi connectivity index (χ4v) is 3.37. The van der Waals surface area contributed by atoms with Crippen LogP contribution in [0.4, 0.5) is 0 Å². The third-order valence-electron chi connectivity index (χ3n) is 4.16. The van der Waals surface area contributed by atoms with Gasteiger partial charge in [0, 0.05) is 30.5 Å². The predicted octanol–water partition coefficient (Wildman–Crippen LogP) is 3.35. The molecular formula is C14H22ClNO. The van der Waals surface area contributed by atoms with Gasteiger partial charge in [-0.1, -0.05) is 30.5 Å². The Morgan fingerprint density at radius 2 is 2.06 bits per heavy atom. The molecule has 0 radical (unpaired) electrons. The predicted molar refractivity (Wildman–Crippen MR) is 71.2 cm³/mol. The van der Waals surface area contributed by atoms with Crippen molar-refractivity contribution >= 4 is 17.4 Å². The summed E-state index contributed by atoms with van der Waals surface area (Å²) in [6, 6.07) is 0.476. The maximum atomic E-state index is 12.0. The minimum Gasteiger partial charge on any atom is -0.299 e. The molecule has 96 valence electrons. The number of rotatable bonds is 3.